The Hall–Kier alpha value is -0.300. The zero-order chi connectivity index (χ0) is 8.97. The topological polar surface area (TPSA) is 9.23 Å². The Morgan fingerprint density at radius 1 is 1.42 bits per heavy atom. The Morgan fingerprint density at radius 3 is 2.50 bits per heavy atom. The van der Waals surface area contributed by atoms with Crippen LogP contribution in [0.15, 0.2) is 12.2 Å². The Morgan fingerprint density at radius 2 is 2.00 bits per heavy atom. The van der Waals surface area contributed by atoms with Crippen LogP contribution in [-0.4, -0.2) is 12.7 Å². The maximum Gasteiger partial charge on any atom is 0.0519 e. The minimum absolute atomic E-state index is 0.384. The monoisotopic (exact) mass is 168 g/mol. The fraction of sp³-hybridized carbons (Fsp3) is 0.818. The molecule has 70 valence electrons. The number of hydrogen-bond donors (Lipinski definition) is 0. The second-order valence-electron chi connectivity index (χ2n) is 4.08. The molecular weight excluding hydrogens is 148 g/mol. The van der Waals surface area contributed by atoms with Gasteiger partial charge in [-0.3, -0.25) is 0 Å². The lowest BCUT2D eigenvalue weighted by molar-refractivity contribution is 0.0443. The molecule has 1 aliphatic rings. The van der Waals surface area contributed by atoms with E-state index in [0.29, 0.717) is 6.10 Å². The van der Waals surface area contributed by atoms with E-state index in [1.165, 1.54) is 31.3 Å². The third kappa shape index (κ3) is 3.40. The summed E-state index contributed by atoms with van der Waals surface area (Å²) in [5, 5.41) is 0. The maximum absolute atomic E-state index is 5.59. The molecule has 0 aliphatic heterocycles. The van der Waals surface area contributed by atoms with Gasteiger partial charge in [-0.05, 0) is 45.4 Å². The van der Waals surface area contributed by atoms with E-state index in [1.54, 1.807) is 0 Å². The molecule has 1 nitrogen and oxygen atoms in total. The van der Waals surface area contributed by atoms with Crippen molar-refractivity contribution in [2.45, 2.75) is 45.6 Å². The molecule has 0 aromatic rings. The average Bonchev–Trinajstić information content (AvgIpc) is 2.03. The van der Waals surface area contributed by atoms with Crippen LogP contribution in [-0.2, 0) is 4.74 Å². The molecule has 0 saturated heterocycles. The highest BCUT2D eigenvalue weighted by molar-refractivity contribution is 4.98. The van der Waals surface area contributed by atoms with Crippen molar-refractivity contribution in [3.63, 3.8) is 0 Å². The van der Waals surface area contributed by atoms with E-state index in [2.05, 4.69) is 20.4 Å². The van der Waals surface area contributed by atoms with Gasteiger partial charge in [0, 0.05) is 6.61 Å². The van der Waals surface area contributed by atoms with Crippen molar-refractivity contribution in [2.75, 3.05) is 6.61 Å². The predicted molar refractivity (Wildman–Crippen MR) is 52.2 cm³/mol. The highest BCUT2D eigenvalue weighted by Gasteiger charge is 2.15. The van der Waals surface area contributed by atoms with Crippen LogP contribution in [0.3, 0.4) is 0 Å². The van der Waals surface area contributed by atoms with Gasteiger partial charge in [-0.25, -0.2) is 0 Å². The van der Waals surface area contributed by atoms with Gasteiger partial charge in [-0.1, -0.05) is 12.2 Å². The van der Waals surface area contributed by atoms with Crippen LogP contribution < -0.4 is 0 Å². The van der Waals surface area contributed by atoms with Gasteiger partial charge in [0.2, 0.25) is 0 Å². The zero-order valence-electron chi connectivity index (χ0n) is 8.31. The molecule has 0 aromatic carbocycles. The number of rotatable bonds is 3. The summed E-state index contributed by atoms with van der Waals surface area (Å²) in [6, 6.07) is 0. The summed E-state index contributed by atoms with van der Waals surface area (Å²) in [5.41, 5.74) is 1.43. The molecule has 0 aromatic heterocycles. The normalized spacial score (nSPS) is 20.4. The molecule has 1 saturated carbocycles. The van der Waals surface area contributed by atoms with Crippen LogP contribution in [0.4, 0.5) is 0 Å². The maximum atomic E-state index is 5.59. The SMILES string of the molecule is C=C1CCC(COC(C)C)CC1. The van der Waals surface area contributed by atoms with E-state index in [1.807, 2.05) is 0 Å². The van der Waals surface area contributed by atoms with Crippen LogP contribution in [0, 0.1) is 5.92 Å². The van der Waals surface area contributed by atoms with Crippen LogP contribution >= 0.6 is 0 Å². The third-order valence-corrected chi connectivity index (χ3v) is 2.48. The molecule has 1 rings (SSSR count). The van der Waals surface area contributed by atoms with Crippen molar-refractivity contribution in [1.29, 1.82) is 0 Å². The lowest BCUT2D eigenvalue weighted by atomic mass is 9.87. The van der Waals surface area contributed by atoms with E-state index in [9.17, 15) is 0 Å². The molecular formula is C11H20O. The number of allylic oxidation sites excluding steroid dienone is 1. The van der Waals surface area contributed by atoms with Crippen molar-refractivity contribution < 1.29 is 4.74 Å². The zero-order valence-corrected chi connectivity index (χ0v) is 8.31. The van der Waals surface area contributed by atoms with Gasteiger partial charge >= 0.3 is 0 Å². The molecule has 0 N–H and O–H groups in total. The van der Waals surface area contributed by atoms with Crippen molar-refractivity contribution in [3.05, 3.63) is 12.2 Å². The first-order chi connectivity index (χ1) is 5.68. The molecule has 0 heterocycles. The molecule has 1 aliphatic carbocycles. The summed E-state index contributed by atoms with van der Waals surface area (Å²) in [4.78, 5) is 0. The van der Waals surface area contributed by atoms with Crippen LogP contribution in [0.2, 0.25) is 0 Å². The van der Waals surface area contributed by atoms with Crippen LogP contribution in [0.25, 0.3) is 0 Å². The minimum atomic E-state index is 0.384. The van der Waals surface area contributed by atoms with Crippen LogP contribution in [0.1, 0.15) is 39.5 Å². The van der Waals surface area contributed by atoms with Crippen molar-refractivity contribution in [2.24, 2.45) is 5.92 Å². The lowest BCUT2D eigenvalue weighted by Gasteiger charge is -2.23. The Bertz CT molecular complexity index is 139. The summed E-state index contributed by atoms with van der Waals surface area (Å²) >= 11 is 0. The minimum Gasteiger partial charge on any atom is -0.379 e. The van der Waals surface area contributed by atoms with Gasteiger partial charge in [0.05, 0.1) is 6.10 Å². The summed E-state index contributed by atoms with van der Waals surface area (Å²) in [6.07, 6.45) is 5.38. The van der Waals surface area contributed by atoms with Crippen molar-refractivity contribution >= 4 is 0 Å². The molecule has 0 amide bonds. The van der Waals surface area contributed by atoms with E-state index < -0.39 is 0 Å². The van der Waals surface area contributed by atoms with Crippen LogP contribution in [0.5, 0.6) is 0 Å². The van der Waals surface area contributed by atoms with Crippen molar-refractivity contribution in [3.8, 4) is 0 Å². The number of hydrogen-bond acceptors (Lipinski definition) is 1. The summed E-state index contributed by atoms with van der Waals surface area (Å²) in [6.45, 7) is 9.15. The molecule has 1 fully saturated rings. The van der Waals surface area contributed by atoms with Gasteiger partial charge in [-0.2, -0.15) is 0 Å². The first-order valence-electron chi connectivity index (χ1n) is 4.96. The highest BCUT2D eigenvalue weighted by atomic mass is 16.5. The first-order valence-corrected chi connectivity index (χ1v) is 4.96. The van der Waals surface area contributed by atoms with Crippen molar-refractivity contribution in [1.82, 2.24) is 0 Å². The van der Waals surface area contributed by atoms with Gasteiger partial charge in [0.25, 0.3) is 0 Å². The van der Waals surface area contributed by atoms with Gasteiger partial charge in [0.1, 0.15) is 0 Å². The largest absolute Gasteiger partial charge is 0.379 e. The summed E-state index contributed by atoms with van der Waals surface area (Å²) in [5.74, 6) is 0.790. The van der Waals surface area contributed by atoms with Gasteiger partial charge in [-0.15, -0.1) is 0 Å². The average molecular weight is 168 g/mol. The molecule has 0 unspecified atom stereocenters. The van der Waals surface area contributed by atoms with Gasteiger partial charge in [0.15, 0.2) is 0 Å². The Labute approximate surface area is 75.8 Å². The quantitative estimate of drug-likeness (QED) is 0.588. The fourth-order valence-corrected chi connectivity index (χ4v) is 1.58. The molecule has 0 spiro atoms. The molecule has 12 heavy (non-hydrogen) atoms. The molecule has 1 heteroatoms. The third-order valence-electron chi connectivity index (χ3n) is 2.48. The Kier molecular flexibility index (Phi) is 3.80. The first kappa shape index (κ1) is 9.79. The van der Waals surface area contributed by atoms with E-state index >= 15 is 0 Å². The standard InChI is InChI=1S/C11H20O/c1-9(2)12-8-11-6-4-10(3)5-7-11/h9,11H,3-8H2,1-2H3. The van der Waals surface area contributed by atoms with Gasteiger partial charge < -0.3 is 4.74 Å². The predicted octanol–water partition coefficient (Wildman–Crippen LogP) is 3.16. The molecule has 0 bridgehead atoms. The smallest absolute Gasteiger partial charge is 0.0519 e. The molecule has 0 atom stereocenters. The second kappa shape index (κ2) is 4.66. The second-order valence-corrected chi connectivity index (χ2v) is 4.08. The number of ether oxygens (including phenoxy) is 1. The van der Waals surface area contributed by atoms with E-state index in [4.69, 9.17) is 4.74 Å². The lowest BCUT2D eigenvalue weighted by Crippen LogP contribution is -2.16. The highest BCUT2D eigenvalue weighted by Crippen LogP contribution is 2.27. The van der Waals surface area contributed by atoms with E-state index in [0.717, 1.165) is 12.5 Å². The molecule has 0 radical (unpaired) electrons. The summed E-state index contributed by atoms with van der Waals surface area (Å²) in [7, 11) is 0. The van der Waals surface area contributed by atoms with E-state index in [-0.39, 0.29) is 0 Å². The Balaban J connectivity index is 2.13. The fourth-order valence-electron chi connectivity index (χ4n) is 1.58. The summed E-state index contributed by atoms with van der Waals surface area (Å²) < 4.78 is 5.59.